The molecule has 2 rings (SSSR count). The summed E-state index contributed by atoms with van der Waals surface area (Å²) in [6.07, 6.45) is 1.39. The van der Waals surface area contributed by atoms with E-state index < -0.39 is 5.97 Å². The molecule has 0 radical (unpaired) electrons. The number of rotatable bonds is 4. The van der Waals surface area contributed by atoms with E-state index in [9.17, 15) is 9.59 Å². The van der Waals surface area contributed by atoms with Gasteiger partial charge in [-0.25, -0.2) is 4.79 Å². The highest BCUT2D eigenvalue weighted by Gasteiger charge is 2.14. The van der Waals surface area contributed by atoms with Crippen LogP contribution in [-0.4, -0.2) is 29.0 Å². The molecule has 0 saturated heterocycles. The molecule has 1 aromatic heterocycles. The number of hydrogen-bond donors (Lipinski definition) is 2. The Morgan fingerprint density at radius 3 is 2.71 bits per heavy atom. The van der Waals surface area contributed by atoms with Gasteiger partial charge in [0.1, 0.15) is 22.8 Å². The van der Waals surface area contributed by atoms with Crippen molar-refractivity contribution in [2.45, 2.75) is 0 Å². The maximum Gasteiger partial charge on any atom is 0.339 e. The average molecular weight is 307 g/mol. The second-order valence-corrected chi connectivity index (χ2v) is 4.44. The van der Waals surface area contributed by atoms with E-state index in [4.69, 9.17) is 21.4 Å². The van der Waals surface area contributed by atoms with E-state index in [1.165, 1.54) is 43.6 Å². The van der Waals surface area contributed by atoms with E-state index >= 15 is 0 Å². The number of nitrogens with zero attached hydrogens (tertiary/aromatic N) is 1. The summed E-state index contributed by atoms with van der Waals surface area (Å²) in [4.78, 5) is 26.5. The average Bonchev–Trinajstić information content (AvgIpc) is 2.46. The minimum absolute atomic E-state index is 0.0299. The fraction of sp³-hybridized carbons (Fsp3) is 0.0714. The number of nitrogens with one attached hydrogen (secondary N) is 1. The SMILES string of the molecule is CNC(=O)c1cc(Oc2cc(Cl)ccc2C(=O)O)ccn1. The van der Waals surface area contributed by atoms with Crippen molar-refractivity contribution in [2.75, 3.05) is 7.05 Å². The first-order valence-electron chi connectivity index (χ1n) is 5.90. The summed E-state index contributed by atoms with van der Waals surface area (Å²) in [7, 11) is 1.48. The smallest absolute Gasteiger partial charge is 0.339 e. The lowest BCUT2D eigenvalue weighted by molar-refractivity contribution is 0.0694. The molecular weight excluding hydrogens is 296 g/mol. The molecule has 0 spiro atoms. The first kappa shape index (κ1) is 14.8. The Labute approximate surface area is 125 Å². The molecule has 0 fully saturated rings. The van der Waals surface area contributed by atoms with E-state index in [-0.39, 0.29) is 28.7 Å². The van der Waals surface area contributed by atoms with Gasteiger partial charge in [-0.05, 0) is 18.2 Å². The van der Waals surface area contributed by atoms with Gasteiger partial charge in [0.2, 0.25) is 0 Å². The third-order valence-corrected chi connectivity index (χ3v) is 2.83. The maximum absolute atomic E-state index is 11.5. The Kier molecular flexibility index (Phi) is 4.39. The Balaban J connectivity index is 2.36. The molecule has 1 aromatic carbocycles. The molecule has 1 amide bonds. The van der Waals surface area contributed by atoms with Gasteiger partial charge in [0.25, 0.3) is 5.91 Å². The third-order valence-electron chi connectivity index (χ3n) is 2.59. The molecule has 0 aliphatic heterocycles. The highest BCUT2D eigenvalue weighted by molar-refractivity contribution is 6.30. The highest BCUT2D eigenvalue weighted by Crippen LogP contribution is 2.28. The van der Waals surface area contributed by atoms with Crippen LogP contribution >= 0.6 is 11.6 Å². The van der Waals surface area contributed by atoms with Gasteiger partial charge >= 0.3 is 5.97 Å². The fourth-order valence-electron chi connectivity index (χ4n) is 1.61. The quantitative estimate of drug-likeness (QED) is 0.906. The second-order valence-electron chi connectivity index (χ2n) is 4.00. The molecule has 2 aromatic rings. The van der Waals surface area contributed by atoms with Crippen LogP contribution in [-0.2, 0) is 0 Å². The second kappa shape index (κ2) is 6.23. The lowest BCUT2D eigenvalue weighted by Crippen LogP contribution is -2.19. The maximum atomic E-state index is 11.5. The van der Waals surface area contributed by atoms with Gasteiger partial charge in [-0.1, -0.05) is 11.6 Å². The predicted molar refractivity (Wildman–Crippen MR) is 76.1 cm³/mol. The largest absolute Gasteiger partial charge is 0.478 e. The Morgan fingerprint density at radius 2 is 2.05 bits per heavy atom. The van der Waals surface area contributed by atoms with Crippen LogP contribution in [0, 0.1) is 0 Å². The van der Waals surface area contributed by atoms with Crippen molar-refractivity contribution in [3.63, 3.8) is 0 Å². The number of carboxylic acid groups (broad SMARTS) is 1. The number of aromatic carboxylic acids is 1. The summed E-state index contributed by atoms with van der Waals surface area (Å²) >= 11 is 5.84. The molecule has 21 heavy (non-hydrogen) atoms. The zero-order chi connectivity index (χ0) is 15.4. The van der Waals surface area contributed by atoms with Crippen LogP contribution in [0.5, 0.6) is 11.5 Å². The van der Waals surface area contributed by atoms with Gasteiger partial charge in [0, 0.05) is 30.4 Å². The lowest BCUT2D eigenvalue weighted by Gasteiger charge is -2.09. The van der Waals surface area contributed by atoms with E-state index in [0.717, 1.165) is 0 Å². The standard InChI is InChI=1S/C14H11ClN2O4/c1-16-13(18)11-7-9(4-5-17-11)21-12-6-8(15)2-3-10(12)14(19)20/h2-7H,1H3,(H,16,18)(H,19,20). The third kappa shape index (κ3) is 3.49. The molecule has 0 aliphatic rings. The van der Waals surface area contributed by atoms with Crippen LogP contribution in [0.1, 0.15) is 20.8 Å². The minimum atomic E-state index is -1.14. The molecule has 7 heteroatoms. The predicted octanol–water partition coefficient (Wildman–Crippen LogP) is 2.59. The number of ether oxygens (including phenoxy) is 1. The highest BCUT2D eigenvalue weighted by atomic mass is 35.5. The van der Waals surface area contributed by atoms with Crippen molar-refractivity contribution in [1.82, 2.24) is 10.3 Å². The zero-order valence-corrected chi connectivity index (χ0v) is 11.7. The number of pyridine rings is 1. The normalized spacial score (nSPS) is 10.0. The summed E-state index contributed by atoms with van der Waals surface area (Å²) < 4.78 is 5.50. The van der Waals surface area contributed by atoms with Crippen molar-refractivity contribution < 1.29 is 19.4 Å². The molecule has 2 N–H and O–H groups in total. The zero-order valence-electron chi connectivity index (χ0n) is 11.0. The Morgan fingerprint density at radius 1 is 1.29 bits per heavy atom. The van der Waals surface area contributed by atoms with E-state index in [0.29, 0.717) is 5.02 Å². The number of amides is 1. The van der Waals surface area contributed by atoms with Gasteiger partial charge in [-0.3, -0.25) is 9.78 Å². The number of benzene rings is 1. The minimum Gasteiger partial charge on any atom is -0.478 e. The summed E-state index contributed by atoms with van der Waals surface area (Å²) in [6, 6.07) is 7.12. The fourth-order valence-corrected chi connectivity index (χ4v) is 1.77. The molecule has 6 nitrogen and oxygen atoms in total. The summed E-state index contributed by atoms with van der Waals surface area (Å²) in [6.45, 7) is 0. The number of hydrogen-bond acceptors (Lipinski definition) is 4. The van der Waals surface area contributed by atoms with Crippen molar-refractivity contribution in [1.29, 1.82) is 0 Å². The topological polar surface area (TPSA) is 88.5 Å². The van der Waals surface area contributed by atoms with Gasteiger partial charge in [0.15, 0.2) is 0 Å². The monoisotopic (exact) mass is 306 g/mol. The van der Waals surface area contributed by atoms with Crippen LogP contribution in [0.4, 0.5) is 0 Å². The molecule has 0 aliphatic carbocycles. The molecule has 0 atom stereocenters. The van der Waals surface area contributed by atoms with Crippen molar-refractivity contribution in [2.24, 2.45) is 0 Å². The van der Waals surface area contributed by atoms with Crippen molar-refractivity contribution in [3.05, 3.63) is 52.8 Å². The van der Waals surface area contributed by atoms with Crippen LogP contribution in [0.25, 0.3) is 0 Å². The lowest BCUT2D eigenvalue weighted by atomic mass is 10.2. The van der Waals surface area contributed by atoms with Gasteiger partial charge in [-0.15, -0.1) is 0 Å². The molecular formula is C14H11ClN2O4. The van der Waals surface area contributed by atoms with Crippen LogP contribution in [0.15, 0.2) is 36.5 Å². The number of carbonyl (C=O) groups excluding carboxylic acids is 1. The van der Waals surface area contributed by atoms with Crippen LogP contribution in [0.2, 0.25) is 5.02 Å². The number of carbonyl (C=O) groups is 2. The first-order valence-corrected chi connectivity index (χ1v) is 6.28. The molecule has 108 valence electrons. The Hall–Kier alpha value is -2.60. The van der Waals surface area contributed by atoms with E-state index in [1.54, 1.807) is 0 Å². The summed E-state index contributed by atoms with van der Waals surface area (Å²) in [5.41, 5.74) is 0.131. The molecule has 0 saturated carbocycles. The molecule has 0 unspecified atom stereocenters. The van der Waals surface area contributed by atoms with Gasteiger partial charge in [0.05, 0.1) is 0 Å². The van der Waals surface area contributed by atoms with E-state index in [2.05, 4.69) is 10.3 Å². The Bertz CT molecular complexity index is 703. The van der Waals surface area contributed by atoms with Crippen LogP contribution in [0.3, 0.4) is 0 Å². The molecule has 1 heterocycles. The van der Waals surface area contributed by atoms with E-state index in [1.807, 2.05) is 0 Å². The van der Waals surface area contributed by atoms with Crippen molar-refractivity contribution in [3.8, 4) is 11.5 Å². The van der Waals surface area contributed by atoms with Crippen LogP contribution < -0.4 is 10.1 Å². The first-order chi connectivity index (χ1) is 10.0. The number of carboxylic acids is 1. The number of aromatic nitrogens is 1. The summed E-state index contributed by atoms with van der Waals surface area (Å²) in [5.74, 6) is -1.13. The van der Waals surface area contributed by atoms with Crippen molar-refractivity contribution >= 4 is 23.5 Å². The van der Waals surface area contributed by atoms with Gasteiger partial charge in [-0.2, -0.15) is 0 Å². The number of halogens is 1. The van der Waals surface area contributed by atoms with Gasteiger partial charge < -0.3 is 15.2 Å². The molecule has 0 bridgehead atoms. The summed E-state index contributed by atoms with van der Waals surface area (Å²) in [5, 5.41) is 11.9.